The van der Waals surface area contributed by atoms with Crippen molar-refractivity contribution < 1.29 is 23.4 Å². The molecule has 0 aromatic heterocycles. The van der Waals surface area contributed by atoms with Crippen LogP contribution in [0.4, 0.5) is 4.79 Å². The number of hydrogen-bond donors (Lipinski definition) is 2. The first-order chi connectivity index (χ1) is 15.5. The average Bonchev–Trinajstić information content (AvgIpc) is 2.76. The van der Waals surface area contributed by atoms with Gasteiger partial charge >= 0.3 is 6.09 Å². The van der Waals surface area contributed by atoms with E-state index in [4.69, 9.17) is 0 Å². The molecule has 0 saturated carbocycles. The fraction of sp³-hybridized carbons (Fsp3) is 0.458. The van der Waals surface area contributed by atoms with Crippen molar-refractivity contribution in [1.82, 2.24) is 13.5 Å². The monoisotopic (exact) mass is 477 g/mol. The van der Waals surface area contributed by atoms with Gasteiger partial charge in [-0.15, -0.1) is 0 Å². The van der Waals surface area contributed by atoms with Crippen molar-refractivity contribution in [3.8, 4) is 0 Å². The molecule has 182 valence electrons. The third-order valence-corrected chi connectivity index (χ3v) is 7.30. The molecule has 2 aromatic rings. The Kier molecular flexibility index (Phi) is 9.42. The maximum Gasteiger partial charge on any atom is 0.407 e. The first-order valence-corrected chi connectivity index (χ1v) is 12.3. The molecule has 0 aliphatic carbocycles. The Labute approximate surface area is 197 Å². The van der Waals surface area contributed by atoms with Crippen LogP contribution in [0.1, 0.15) is 31.4 Å². The van der Waals surface area contributed by atoms with Crippen molar-refractivity contribution in [2.24, 2.45) is 5.92 Å². The van der Waals surface area contributed by atoms with Gasteiger partial charge in [-0.1, -0.05) is 74.5 Å². The molecule has 0 fully saturated rings. The van der Waals surface area contributed by atoms with Gasteiger partial charge in [0.25, 0.3) is 10.2 Å². The molecular formula is C24H35N3O5S. The van der Waals surface area contributed by atoms with Crippen molar-refractivity contribution in [2.75, 3.05) is 27.2 Å². The van der Waals surface area contributed by atoms with Gasteiger partial charge in [0.1, 0.15) is 5.72 Å². The van der Waals surface area contributed by atoms with Gasteiger partial charge in [0.05, 0.1) is 0 Å². The number of aliphatic hydroxyl groups is 1. The highest BCUT2D eigenvalue weighted by molar-refractivity contribution is 7.86. The molecule has 1 atom stereocenters. The zero-order chi connectivity index (χ0) is 24.6. The van der Waals surface area contributed by atoms with Gasteiger partial charge in [0, 0.05) is 46.6 Å². The minimum absolute atomic E-state index is 0.0342. The van der Waals surface area contributed by atoms with Crippen LogP contribution in [0.15, 0.2) is 60.7 Å². The van der Waals surface area contributed by atoms with Gasteiger partial charge in [0.15, 0.2) is 0 Å². The smallest absolute Gasteiger partial charge is 0.407 e. The lowest BCUT2D eigenvalue weighted by Gasteiger charge is -2.41. The van der Waals surface area contributed by atoms with Crippen LogP contribution in [0.25, 0.3) is 0 Å². The van der Waals surface area contributed by atoms with Crippen LogP contribution in [-0.4, -0.2) is 71.1 Å². The minimum atomic E-state index is -3.99. The van der Waals surface area contributed by atoms with E-state index in [0.717, 1.165) is 19.7 Å². The molecule has 0 aliphatic rings. The summed E-state index contributed by atoms with van der Waals surface area (Å²) in [7, 11) is -1.15. The van der Waals surface area contributed by atoms with E-state index in [-0.39, 0.29) is 38.4 Å². The van der Waals surface area contributed by atoms with Crippen molar-refractivity contribution >= 4 is 16.3 Å². The third kappa shape index (κ3) is 7.53. The lowest BCUT2D eigenvalue weighted by molar-refractivity contribution is -0.0772. The van der Waals surface area contributed by atoms with Crippen LogP contribution in [0.3, 0.4) is 0 Å². The van der Waals surface area contributed by atoms with Crippen LogP contribution < -0.4 is 0 Å². The van der Waals surface area contributed by atoms with Gasteiger partial charge < -0.3 is 15.1 Å². The second kappa shape index (κ2) is 11.6. The summed E-state index contributed by atoms with van der Waals surface area (Å²) in [6.07, 6.45) is -1.18. The first kappa shape index (κ1) is 26.8. The van der Waals surface area contributed by atoms with Crippen LogP contribution >= 0.6 is 0 Å². The largest absolute Gasteiger partial charge is 0.465 e. The highest BCUT2D eigenvalue weighted by atomic mass is 32.2. The summed E-state index contributed by atoms with van der Waals surface area (Å²) in [5, 5.41) is 21.6. The van der Waals surface area contributed by atoms with Gasteiger partial charge in [-0.2, -0.15) is 17.0 Å². The fourth-order valence-corrected chi connectivity index (χ4v) is 5.06. The second-order valence-corrected chi connectivity index (χ2v) is 10.9. The van der Waals surface area contributed by atoms with Gasteiger partial charge in [-0.3, -0.25) is 0 Å². The Morgan fingerprint density at radius 3 is 1.94 bits per heavy atom. The number of carbonyl (C=O) groups is 1. The lowest BCUT2D eigenvalue weighted by atomic mass is 9.98. The number of carboxylic acid groups (broad SMARTS) is 1. The molecule has 0 saturated heterocycles. The number of hydrogen-bond acceptors (Lipinski definition) is 4. The molecule has 0 aliphatic heterocycles. The molecule has 0 spiro atoms. The highest BCUT2D eigenvalue weighted by Gasteiger charge is 2.43. The number of benzene rings is 2. The second-order valence-electron chi connectivity index (χ2n) is 8.80. The van der Waals surface area contributed by atoms with Crippen LogP contribution in [0.2, 0.25) is 0 Å². The first-order valence-electron chi connectivity index (χ1n) is 10.9. The molecule has 1 unspecified atom stereocenters. The van der Waals surface area contributed by atoms with Crippen LogP contribution in [0.5, 0.6) is 0 Å². The Morgan fingerprint density at radius 2 is 1.48 bits per heavy atom. The zero-order valence-electron chi connectivity index (χ0n) is 19.8. The molecule has 2 rings (SSSR count). The molecule has 0 heterocycles. The third-order valence-electron chi connectivity index (χ3n) is 5.33. The van der Waals surface area contributed by atoms with Gasteiger partial charge in [0.2, 0.25) is 0 Å². The summed E-state index contributed by atoms with van der Waals surface area (Å²) < 4.78 is 28.7. The Morgan fingerprint density at radius 1 is 0.970 bits per heavy atom. The predicted octanol–water partition coefficient (Wildman–Crippen LogP) is 3.25. The molecule has 8 nitrogen and oxygen atoms in total. The Hall–Kier alpha value is -2.46. The van der Waals surface area contributed by atoms with Crippen molar-refractivity contribution in [3.63, 3.8) is 0 Å². The Balaban J connectivity index is 2.41. The summed E-state index contributed by atoms with van der Waals surface area (Å²) in [6.45, 7) is 3.95. The molecule has 0 bridgehead atoms. The summed E-state index contributed by atoms with van der Waals surface area (Å²) in [5.41, 5.74) is -0.252. The van der Waals surface area contributed by atoms with Gasteiger partial charge in [-0.05, 0) is 17.0 Å². The van der Waals surface area contributed by atoms with Crippen molar-refractivity contribution in [3.05, 3.63) is 71.8 Å². The van der Waals surface area contributed by atoms with E-state index in [1.807, 2.05) is 74.5 Å². The zero-order valence-corrected chi connectivity index (χ0v) is 20.6. The molecule has 33 heavy (non-hydrogen) atoms. The van der Waals surface area contributed by atoms with E-state index in [9.17, 15) is 23.4 Å². The molecular weight excluding hydrogens is 442 g/mol. The lowest BCUT2D eigenvalue weighted by Crippen LogP contribution is -2.58. The Bertz CT molecular complexity index is 984. The maximum atomic E-state index is 13.2. The average molecular weight is 478 g/mol. The van der Waals surface area contributed by atoms with Crippen LogP contribution in [-0.2, 0) is 23.2 Å². The number of rotatable bonds is 12. The number of amides is 1. The van der Waals surface area contributed by atoms with E-state index in [1.54, 1.807) is 0 Å². The topological polar surface area (TPSA) is 101 Å². The van der Waals surface area contributed by atoms with Crippen molar-refractivity contribution in [2.45, 2.75) is 39.0 Å². The standard InChI is InChI=1S/C24H35N3O5S/c1-20(2)18-27(33(31,32)25(3)4)24(30,17-21-11-7-5-8-12-21)15-16-26(23(28)29)19-22-13-9-6-10-14-22/h5-14,20,30H,15-19H2,1-4H3,(H,28,29). The summed E-state index contributed by atoms with van der Waals surface area (Å²) in [5.74, 6) is -0.0538. The van der Waals surface area contributed by atoms with Crippen LogP contribution in [0, 0.1) is 5.92 Å². The van der Waals surface area contributed by atoms with Crippen molar-refractivity contribution in [1.29, 1.82) is 0 Å². The van der Waals surface area contributed by atoms with E-state index >= 15 is 0 Å². The van der Waals surface area contributed by atoms with Gasteiger partial charge in [-0.25, -0.2) is 4.79 Å². The molecule has 9 heteroatoms. The minimum Gasteiger partial charge on any atom is -0.465 e. The highest BCUT2D eigenvalue weighted by Crippen LogP contribution is 2.28. The molecule has 2 aromatic carbocycles. The quantitative estimate of drug-likeness (QED) is 0.457. The molecule has 0 radical (unpaired) electrons. The summed E-state index contributed by atoms with van der Waals surface area (Å²) in [4.78, 5) is 13.1. The SMILES string of the molecule is CC(C)CN(C(O)(CCN(Cc1ccccc1)C(=O)O)Cc1ccccc1)S(=O)(=O)N(C)C. The molecule has 2 N–H and O–H groups in total. The number of nitrogens with zero attached hydrogens (tertiary/aromatic N) is 3. The fourth-order valence-electron chi connectivity index (χ4n) is 3.59. The molecule has 1 amide bonds. The van der Waals surface area contributed by atoms with E-state index in [0.29, 0.717) is 0 Å². The predicted molar refractivity (Wildman–Crippen MR) is 129 cm³/mol. The summed E-state index contributed by atoms with van der Waals surface area (Å²) >= 11 is 0. The normalized spacial score (nSPS) is 13.9. The van der Waals surface area contributed by atoms with E-state index < -0.39 is 22.0 Å². The maximum absolute atomic E-state index is 13.2. The van der Waals surface area contributed by atoms with E-state index in [1.165, 1.54) is 19.0 Å². The summed E-state index contributed by atoms with van der Waals surface area (Å²) in [6, 6.07) is 18.3. The van der Waals surface area contributed by atoms with E-state index in [2.05, 4.69) is 0 Å².